The van der Waals surface area contributed by atoms with E-state index in [2.05, 4.69) is 0 Å². The third-order valence-corrected chi connectivity index (χ3v) is 2.55. The van der Waals surface area contributed by atoms with Crippen molar-refractivity contribution < 1.29 is 18.3 Å². The first-order valence-corrected chi connectivity index (χ1v) is 4.78. The lowest BCUT2D eigenvalue weighted by Crippen LogP contribution is -2.35. The van der Waals surface area contributed by atoms with Gasteiger partial charge in [0.2, 0.25) is 0 Å². The van der Waals surface area contributed by atoms with Crippen LogP contribution >= 0.6 is 0 Å². The summed E-state index contributed by atoms with van der Waals surface area (Å²) in [5.41, 5.74) is -0.211. The average molecular weight is 238 g/mol. The molecule has 0 aromatic heterocycles. The average Bonchev–Trinajstić information content (AvgIpc) is 2.33. The molecule has 1 aromatic rings. The van der Waals surface area contributed by atoms with E-state index in [-0.39, 0.29) is 18.2 Å². The third kappa shape index (κ3) is 1.80. The fraction of sp³-hybridized carbons (Fsp3) is 0.273. The molecule has 0 unspecified atom stereocenters. The van der Waals surface area contributed by atoms with Crippen molar-refractivity contribution in [3.05, 3.63) is 23.8 Å². The lowest BCUT2D eigenvalue weighted by molar-refractivity contribution is -0.121. The van der Waals surface area contributed by atoms with Crippen molar-refractivity contribution in [2.24, 2.45) is 0 Å². The second kappa shape index (κ2) is 3.70. The molecule has 0 saturated heterocycles. The maximum Gasteiger partial charge on any atom is 0.357 e. The molecule has 0 atom stereocenters. The van der Waals surface area contributed by atoms with E-state index >= 15 is 0 Å². The van der Waals surface area contributed by atoms with Crippen molar-refractivity contribution in [3.63, 3.8) is 0 Å². The Balaban J connectivity index is 2.51. The van der Waals surface area contributed by atoms with Gasteiger partial charge in [-0.1, -0.05) is 0 Å². The van der Waals surface area contributed by atoms with Gasteiger partial charge in [0.25, 0.3) is 5.91 Å². The number of fused-ring (bicyclic) bond motifs is 1. The topological polar surface area (TPSA) is 53.3 Å². The number of carbonyl (C=O) groups excluding carboxylic acids is 1. The SMILES string of the molecule is CN1C(=O)COc2ccc(C(F)(F)C#N)cc21. The predicted octanol–water partition coefficient (Wildman–Crippen LogP) is 1.66. The van der Waals surface area contributed by atoms with Crippen LogP contribution in [0.4, 0.5) is 14.5 Å². The molecule has 1 aliphatic heterocycles. The number of hydrogen-bond acceptors (Lipinski definition) is 3. The normalized spacial score (nSPS) is 14.9. The number of likely N-dealkylation sites (N-methyl/N-ethyl adjacent to an activating group) is 1. The molecular formula is C11H8F2N2O2. The first-order valence-electron chi connectivity index (χ1n) is 4.78. The van der Waals surface area contributed by atoms with Gasteiger partial charge < -0.3 is 9.64 Å². The van der Waals surface area contributed by atoms with Crippen LogP contribution in [0.2, 0.25) is 0 Å². The molecule has 1 aliphatic rings. The second-order valence-electron chi connectivity index (χ2n) is 3.61. The highest BCUT2D eigenvalue weighted by molar-refractivity contribution is 5.97. The standard InChI is InChI=1S/C11H8F2N2O2/c1-15-8-4-7(11(12,13)6-14)2-3-9(8)17-5-10(15)16/h2-4H,5H2,1H3. The minimum Gasteiger partial charge on any atom is -0.482 e. The molecule has 2 rings (SSSR count). The monoisotopic (exact) mass is 238 g/mol. The first-order chi connectivity index (χ1) is 7.95. The summed E-state index contributed by atoms with van der Waals surface area (Å²) in [5.74, 6) is -3.55. The number of anilines is 1. The van der Waals surface area contributed by atoms with Crippen LogP contribution in [-0.4, -0.2) is 19.6 Å². The Morgan fingerprint density at radius 1 is 1.53 bits per heavy atom. The molecule has 0 N–H and O–H groups in total. The number of halogens is 2. The maximum absolute atomic E-state index is 13.2. The van der Waals surface area contributed by atoms with Crippen LogP contribution in [0.1, 0.15) is 5.56 Å². The van der Waals surface area contributed by atoms with Gasteiger partial charge in [-0.2, -0.15) is 14.0 Å². The molecule has 88 valence electrons. The zero-order valence-corrected chi connectivity index (χ0v) is 8.91. The molecule has 0 aliphatic carbocycles. The van der Waals surface area contributed by atoms with Crippen molar-refractivity contribution in [1.29, 1.82) is 5.26 Å². The Labute approximate surface area is 96.0 Å². The van der Waals surface area contributed by atoms with Gasteiger partial charge in [0, 0.05) is 12.6 Å². The molecule has 17 heavy (non-hydrogen) atoms. The van der Waals surface area contributed by atoms with Crippen molar-refractivity contribution in [2.45, 2.75) is 5.92 Å². The van der Waals surface area contributed by atoms with Crippen LogP contribution in [0.15, 0.2) is 18.2 Å². The van der Waals surface area contributed by atoms with Gasteiger partial charge in [-0.25, -0.2) is 0 Å². The number of ether oxygens (including phenoxy) is 1. The largest absolute Gasteiger partial charge is 0.482 e. The number of amides is 1. The zero-order chi connectivity index (χ0) is 12.6. The summed E-state index contributed by atoms with van der Waals surface area (Å²) in [6, 6.07) is 4.45. The number of nitriles is 1. The molecule has 0 fully saturated rings. The van der Waals surface area contributed by atoms with E-state index in [1.165, 1.54) is 18.0 Å². The Kier molecular flexibility index (Phi) is 2.46. The Morgan fingerprint density at radius 3 is 2.88 bits per heavy atom. The molecule has 1 amide bonds. The highest BCUT2D eigenvalue weighted by Gasteiger charge is 2.33. The number of benzene rings is 1. The van der Waals surface area contributed by atoms with Crippen molar-refractivity contribution in [1.82, 2.24) is 0 Å². The molecule has 0 bridgehead atoms. The molecular weight excluding hydrogens is 230 g/mol. The molecule has 6 heteroatoms. The molecule has 0 saturated carbocycles. The van der Waals surface area contributed by atoms with E-state index in [0.717, 1.165) is 18.2 Å². The van der Waals surface area contributed by atoms with Crippen molar-refractivity contribution in [2.75, 3.05) is 18.6 Å². The molecule has 0 spiro atoms. The van der Waals surface area contributed by atoms with Gasteiger partial charge in [-0.3, -0.25) is 4.79 Å². The van der Waals surface area contributed by atoms with E-state index in [0.29, 0.717) is 5.75 Å². The van der Waals surface area contributed by atoms with E-state index in [4.69, 9.17) is 10.00 Å². The molecule has 4 nitrogen and oxygen atoms in total. The Bertz CT molecular complexity index is 523. The maximum atomic E-state index is 13.2. The number of carbonyl (C=O) groups is 1. The minimum absolute atomic E-state index is 0.114. The summed E-state index contributed by atoms with van der Waals surface area (Å²) in [6.45, 7) is -0.114. The second-order valence-corrected chi connectivity index (χ2v) is 3.61. The number of hydrogen-bond donors (Lipinski definition) is 0. The summed E-state index contributed by atoms with van der Waals surface area (Å²) in [6.07, 6.45) is 0. The van der Waals surface area contributed by atoms with Gasteiger partial charge in [0.1, 0.15) is 11.8 Å². The number of nitrogens with zero attached hydrogens (tertiary/aromatic N) is 2. The predicted molar refractivity (Wildman–Crippen MR) is 54.9 cm³/mol. The quantitative estimate of drug-likeness (QED) is 0.747. The van der Waals surface area contributed by atoms with Gasteiger partial charge in [0.15, 0.2) is 6.61 Å². The van der Waals surface area contributed by atoms with E-state index in [1.807, 2.05) is 0 Å². The highest BCUT2D eigenvalue weighted by atomic mass is 19.3. The van der Waals surface area contributed by atoms with Crippen LogP contribution in [0.3, 0.4) is 0 Å². The zero-order valence-electron chi connectivity index (χ0n) is 8.91. The Hall–Kier alpha value is -2.16. The Morgan fingerprint density at radius 2 is 2.24 bits per heavy atom. The van der Waals surface area contributed by atoms with Crippen molar-refractivity contribution in [3.8, 4) is 11.8 Å². The first kappa shape index (κ1) is 11.3. The molecule has 1 heterocycles. The third-order valence-electron chi connectivity index (χ3n) is 2.55. The van der Waals surface area contributed by atoms with Gasteiger partial charge >= 0.3 is 5.92 Å². The summed E-state index contributed by atoms with van der Waals surface area (Å²) >= 11 is 0. The summed E-state index contributed by atoms with van der Waals surface area (Å²) < 4.78 is 31.4. The highest BCUT2D eigenvalue weighted by Crippen LogP contribution is 2.36. The summed E-state index contributed by atoms with van der Waals surface area (Å²) in [7, 11) is 1.47. The molecule has 1 aromatic carbocycles. The minimum atomic E-state index is -3.57. The smallest absolute Gasteiger partial charge is 0.357 e. The van der Waals surface area contributed by atoms with E-state index < -0.39 is 11.5 Å². The molecule has 0 radical (unpaired) electrons. The van der Waals surface area contributed by atoms with Crippen LogP contribution in [0, 0.1) is 11.3 Å². The fourth-order valence-electron chi connectivity index (χ4n) is 1.53. The lowest BCUT2D eigenvalue weighted by Gasteiger charge is -2.26. The van der Waals surface area contributed by atoms with Gasteiger partial charge in [0.05, 0.1) is 5.69 Å². The summed E-state index contributed by atoms with van der Waals surface area (Å²) in [5, 5.41) is 8.36. The van der Waals surface area contributed by atoms with Crippen LogP contribution < -0.4 is 9.64 Å². The van der Waals surface area contributed by atoms with Gasteiger partial charge in [-0.05, 0) is 18.2 Å². The fourth-order valence-corrected chi connectivity index (χ4v) is 1.53. The van der Waals surface area contributed by atoms with Crippen LogP contribution in [0.25, 0.3) is 0 Å². The van der Waals surface area contributed by atoms with E-state index in [9.17, 15) is 13.6 Å². The summed E-state index contributed by atoms with van der Waals surface area (Å²) in [4.78, 5) is 12.6. The number of rotatable bonds is 1. The van der Waals surface area contributed by atoms with Crippen LogP contribution in [-0.2, 0) is 10.7 Å². The number of alkyl halides is 2. The van der Waals surface area contributed by atoms with Crippen LogP contribution in [0.5, 0.6) is 5.75 Å². The van der Waals surface area contributed by atoms with Gasteiger partial charge in [-0.15, -0.1) is 0 Å². The lowest BCUT2D eigenvalue weighted by atomic mass is 10.1. The van der Waals surface area contributed by atoms with E-state index in [1.54, 1.807) is 0 Å². The van der Waals surface area contributed by atoms with Crippen molar-refractivity contribution >= 4 is 11.6 Å².